The Balaban J connectivity index is 2.57. The van der Waals surface area contributed by atoms with Gasteiger partial charge in [-0.25, -0.2) is 4.39 Å². The zero-order valence-corrected chi connectivity index (χ0v) is 9.96. The Hall–Kier alpha value is -2.02. The summed E-state index contributed by atoms with van der Waals surface area (Å²) in [5.41, 5.74) is 0.157. The number of hydrogen-bond acceptors (Lipinski definition) is 3. The summed E-state index contributed by atoms with van der Waals surface area (Å²) in [6.07, 6.45) is 1.59. The molecule has 2 N–H and O–H groups in total. The molecular formula is C12H13F3N2O2. The number of hydrogen-bond donors (Lipinski definition) is 2. The molecule has 0 heterocycles. The van der Waals surface area contributed by atoms with Crippen molar-refractivity contribution in [1.29, 1.82) is 0 Å². The monoisotopic (exact) mass is 274 g/mol. The van der Waals surface area contributed by atoms with Crippen molar-refractivity contribution in [3.8, 4) is 5.75 Å². The summed E-state index contributed by atoms with van der Waals surface area (Å²) in [5, 5.41) is 5.16. The van der Waals surface area contributed by atoms with Crippen LogP contribution in [0.25, 0.3) is 0 Å². The van der Waals surface area contributed by atoms with E-state index in [1.54, 1.807) is 6.08 Å². The van der Waals surface area contributed by atoms with Gasteiger partial charge in [0, 0.05) is 18.3 Å². The first-order chi connectivity index (χ1) is 9.02. The van der Waals surface area contributed by atoms with Crippen LogP contribution in [-0.4, -0.2) is 25.6 Å². The van der Waals surface area contributed by atoms with Crippen LogP contribution in [0.4, 0.5) is 18.9 Å². The van der Waals surface area contributed by atoms with Crippen LogP contribution in [-0.2, 0) is 4.79 Å². The second-order valence-corrected chi connectivity index (χ2v) is 3.49. The van der Waals surface area contributed by atoms with Crippen LogP contribution in [0.2, 0.25) is 0 Å². The Morgan fingerprint density at radius 1 is 1.47 bits per heavy atom. The molecule has 1 aromatic rings. The van der Waals surface area contributed by atoms with Crippen molar-refractivity contribution in [2.75, 3.05) is 18.4 Å². The van der Waals surface area contributed by atoms with Crippen LogP contribution in [0, 0.1) is 5.82 Å². The third-order valence-electron chi connectivity index (χ3n) is 2.01. The van der Waals surface area contributed by atoms with E-state index in [1.165, 1.54) is 6.07 Å². The van der Waals surface area contributed by atoms with Gasteiger partial charge in [0.2, 0.25) is 5.91 Å². The van der Waals surface area contributed by atoms with Crippen molar-refractivity contribution in [3.63, 3.8) is 0 Å². The molecule has 7 heteroatoms. The van der Waals surface area contributed by atoms with Gasteiger partial charge in [0.25, 0.3) is 0 Å². The molecule has 0 saturated carbocycles. The van der Waals surface area contributed by atoms with E-state index in [1.807, 2.05) is 0 Å². The molecule has 0 aromatic heterocycles. The summed E-state index contributed by atoms with van der Waals surface area (Å²) in [4.78, 5) is 11.4. The minimum Gasteiger partial charge on any atom is -0.432 e. The number of halogens is 3. The Morgan fingerprint density at radius 3 is 2.79 bits per heavy atom. The van der Waals surface area contributed by atoms with Gasteiger partial charge in [-0.15, -0.1) is 6.58 Å². The molecule has 0 saturated heterocycles. The van der Waals surface area contributed by atoms with Gasteiger partial charge in [0.1, 0.15) is 0 Å². The first-order valence-electron chi connectivity index (χ1n) is 5.38. The van der Waals surface area contributed by atoms with Crippen LogP contribution in [0.3, 0.4) is 0 Å². The van der Waals surface area contributed by atoms with Crippen LogP contribution in [0.1, 0.15) is 0 Å². The van der Waals surface area contributed by atoms with Crippen molar-refractivity contribution >= 4 is 11.6 Å². The second kappa shape index (κ2) is 7.42. The highest BCUT2D eigenvalue weighted by Crippen LogP contribution is 2.22. The standard InChI is InChI=1S/C12H13F3N2O2/c1-2-5-16-7-11(18)17-8-3-4-10(9(13)6-8)19-12(14)15/h2-4,6,12,16H,1,5,7H2,(H,17,18). The minimum absolute atomic E-state index is 0.0307. The molecule has 0 aliphatic carbocycles. The highest BCUT2D eigenvalue weighted by molar-refractivity contribution is 5.92. The molecule has 1 aromatic carbocycles. The maximum atomic E-state index is 13.3. The topological polar surface area (TPSA) is 50.4 Å². The highest BCUT2D eigenvalue weighted by atomic mass is 19.3. The highest BCUT2D eigenvalue weighted by Gasteiger charge is 2.11. The third kappa shape index (κ3) is 5.43. The zero-order valence-electron chi connectivity index (χ0n) is 9.96. The predicted octanol–water partition coefficient (Wildman–Crippen LogP) is 2.14. The number of amides is 1. The van der Waals surface area contributed by atoms with Crippen LogP contribution >= 0.6 is 0 Å². The molecule has 0 aliphatic heterocycles. The minimum atomic E-state index is -3.10. The van der Waals surface area contributed by atoms with Crippen molar-refractivity contribution in [2.45, 2.75) is 6.61 Å². The predicted molar refractivity (Wildman–Crippen MR) is 64.7 cm³/mol. The van der Waals surface area contributed by atoms with Gasteiger partial charge >= 0.3 is 6.61 Å². The molecule has 0 fully saturated rings. The second-order valence-electron chi connectivity index (χ2n) is 3.49. The maximum Gasteiger partial charge on any atom is 0.387 e. The molecule has 1 rings (SSSR count). The third-order valence-corrected chi connectivity index (χ3v) is 2.01. The van der Waals surface area contributed by atoms with Gasteiger partial charge < -0.3 is 15.4 Å². The Labute approximate surface area is 108 Å². The van der Waals surface area contributed by atoms with Gasteiger partial charge in [-0.3, -0.25) is 4.79 Å². The lowest BCUT2D eigenvalue weighted by Gasteiger charge is -2.09. The Bertz CT molecular complexity index is 453. The molecule has 0 aliphatic rings. The fraction of sp³-hybridized carbons (Fsp3) is 0.250. The van der Waals surface area contributed by atoms with Gasteiger partial charge in [0.05, 0.1) is 6.54 Å². The Morgan fingerprint density at radius 2 is 2.21 bits per heavy atom. The number of carbonyl (C=O) groups excluding carboxylic acids is 1. The summed E-state index contributed by atoms with van der Waals surface area (Å²) in [6.45, 7) is 0.860. The number of rotatable bonds is 7. The zero-order chi connectivity index (χ0) is 14.3. The molecule has 1 amide bonds. The van der Waals surface area contributed by atoms with Crippen LogP contribution in [0.5, 0.6) is 5.75 Å². The van der Waals surface area contributed by atoms with E-state index in [9.17, 15) is 18.0 Å². The lowest BCUT2D eigenvalue weighted by Crippen LogP contribution is -2.28. The van der Waals surface area contributed by atoms with Crippen molar-refractivity contribution in [1.82, 2.24) is 5.32 Å². The number of anilines is 1. The largest absolute Gasteiger partial charge is 0.432 e. The summed E-state index contributed by atoms with van der Waals surface area (Å²) in [7, 11) is 0. The SMILES string of the molecule is C=CCNCC(=O)Nc1ccc(OC(F)F)c(F)c1. The summed E-state index contributed by atoms with van der Waals surface area (Å²) in [5.74, 6) is -1.93. The quantitative estimate of drug-likeness (QED) is 0.591. The first kappa shape index (κ1) is 15.0. The molecule has 0 atom stereocenters. The summed E-state index contributed by atoms with van der Waals surface area (Å²) < 4.78 is 41.1. The average Bonchev–Trinajstić information content (AvgIpc) is 2.32. The first-order valence-corrected chi connectivity index (χ1v) is 5.38. The molecule has 104 valence electrons. The maximum absolute atomic E-state index is 13.3. The van der Waals surface area contributed by atoms with Crippen molar-refractivity contribution < 1.29 is 22.7 Å². The van der Waals surface area contributed by atoms with E-state index in [2.05, 4.69) is 21.9 Å². The fourth-order valence-corrected chi connectivity index (χ4v) is 1.26. The number of benzene rings is 1. The van der Waals surface area contributed by atoms with E-state index >= 15 is 0 Å². The average molecular weight is 274 g/mol. The molecule has 19 heavy (non-hydrogen) atoms. The van der Waals surface area contributed by atoms with Crippen molar-refractivity contribution in [3.05, 3.63) is 36.7 Å². The normalized spacial score (nSPS) is 10.3. The van der Waals surface area contributed by atoms with Crippen molar-refractivity contribution in [2.24, 2.45) is 0 Å². The smallest absolute Gasteiger partial charge is 0.387 e. The van der Waals surface area contributed by atoms with E-state index < -0.39 is 18.2 Å². The number of alkyl halides is 2. The lowest BCUT2D eigenvalue weighted by atomic mass is 10.3. The van der Waals surface area contributed by atoms with E-state index in [0.29, 0.717) is 6.54 Å². The number of carbonyl (C=O) groups is 1. The van der Waals surface area contributed by atoms with E-state index in [-0.39, 0.29) is 18.1 Å². The fourth-order valence-electron chi connectivity index (χ4n) is 1.26. The Kier molecular flexibility index (Phi) is 5.87. The van der Waals surface area contributed by atoms with E-state index in [4.69, 9.17) is 0 Å². The van der Waals surface area contributed by atoms with Crippen LogP contribution < -0.4 is 15.4 Å². The van der Waals surface area contributed by atoms with Gasteiger partial charge in [-0.1, -0.05) is 6.08 Å². The number of ether oxygens (including phenoxy) is 1. The lowest BCUT2D eigenvalue weighted by molar-refractivity contribution is -0.115. The summed E-state index contributed by atoms with van der Waals surface area (Å²) in [6, 6.07) is 3.20. The molecule has 0 spiro atoms. The molecule has 0 unspecified atom stereocenters. The van der Waals surface area contributed by atoms with Gasteiger partial charge in [0.15, 0.2) is 11.6 Å². The molecule has 0 bridgehead atoms. The van der Waals surface area contributed by atoms with Crippen LogP contribution in [0.15, 0.2) is 30.9 Å². The van der Waals surface area contributed by atoms with Gasteiger partial charge in [-0.05, 0) is 12.1 Å². The molecule has 4 nitrogen and oxygen atoms in total. The van der Waals surface area contributed by atoms with Gasteiger partial charge in [-0.2, -0.15) is 8.78 Å². The molecular weight excluding hydrogens is 261 g/mol. The molecule has 0 radical (unpaired) electrons. The number of nitrogens with one attached hydrogen (secondary N) is 2. The van der Waals surface area contributed by atoms with E-state index in [0.717, 1.165) is 12.1 Å². The summed E-state index contributed by atoms with van der Waals surface area (Å²) >= 11 is 0.